The molecular formula is C27H30FN3O5. The van der Waals surface area contributed by atoms with Crippen molar-refractivity contribution < 1.29 is 28.9 Å². The molecule has 1 aliphatic heterocycles. The number of carbonyl (C=O) groups is 2. The molecule has 2 amide bonds. The summed E-state index contributed by atoms with van der Waals surface area (Å²) in [5, 5.41) is 23.1. The molecule has 9 heteroatoms. The molecule has 0 fully saturated rings. The molecule has 0 spiro atoms. The lowest BCUT2D eigenvalue weighted by Crippen LogP contribution is -2.49. The van der Waals surface area contributed by atoms with Gasteiger partial charge < -0.3 is 25.2 Å². The normalized spacial score (nSPS) is 20.6. The topological polar surface area (TPSA) is 112 Å². The molecule has 0 saturated carbocycles. The summed E-state index contributed by atoms with van der Waals surface area (Å²) in [6.45, 7) is 4.72. The number of benzene rings is 1. The first-order valence-electron chi connectivity index (χ1n) is 11.9. The first-order valence-corrected chi connectivity index (χ1v) is 11.9. The number of aromatic nitrogens is 1. The van der Waals surface area contributed by atoms with E-state index in [1.165, 1.54) is 11.0 Å². The van der Waals surface area contributed by atoms with Crippen LogP contribution in [0.4, 0.5) is 4.39 Å². The van der Waals surface area contributed by atoms with Crippen molar-refractivity contribution in [1.82, 2.24) is 15.2 Å². The van der Waals surface area contributed by atoms with Crippen LogP contribution in [0.2, 0.25) is 0 Å². The molecule has 0 saturated heterocycles. The average Bonchev–Trinajstić information content (AvgIpc) is 3.33. The van der Waals surface area contributed by atoms with Gasteiger partial charge in [-0.1, -0.05) is 37.3 Å². The third kappa shape index (κ3) is 5.32. The van der Waals surface area contributed by atoms with E-state index in [1.807, 2.05) is 19.1 Å². The van der Waals surface area contributed by atoms with Crippen molar-refractivity contribution >= 4 is 17.4 Å². The molecule has 1 aromatic heterocycles. The van der Waals surface area contributed by atoms with Gasteiger partial charge in [0.25, 0.3) is 11.8 Å². The molecule has 0 radical (unpaired) electrons. The second kappa shape index (κ2) is 11.0. The smallest absolute Gasteiger partial charge is 0.255 e. The van der Waals surface area contributed by atoms with Crippen LogP contribution < -0.4 is 5.32 Å². The van der Waals surface area contributed by atoms with Gasteiger partial charge >= 0.3 is 0 Å². The van der Waals surface area contributed by atoms with Crippen LogP contribution in [0, 0.1) is 5.92 Å². The van der Waals surface area contributed by atoms with Crippen LogP contribution >= 0.6 is 0 Å². The lowest BCUT2D eigenvalue weighted by molar-refractivity contribution is -0.153. The molecule has 2 aromatic rings. The highest BCUT2D eigenvalue weighted by molar-refractivity contribution is 5.91. The Morgan fingerprint density at radius 2 is 1.89 bits per heavy atom. The molecule has 4 rings (SSSR count). The molecule has 2 aliphatic rings. The number of pyridine rings is 1. The molecule has 0 bridgehead atoms. The standard InChI is InChI=1S/C27H30FN3O5/c1-3-36-25-16(2)22(28)9-8-21(25)18-6-4-17(5-7-18)12-30-26(34)23(32)24(33)27(35)31-14-19-10-11-29-13-20(19)15-31/h4-11,13,16,22-24,32-33H,3,12,14-15H2,1-2H3,(H,30,34)/t16?,22?,23-,24-/m1/s1. The highest BCUT2D eigenvalue weighted by atomic mass is 19.1. The van der Waals surface area contributed by atoms with Crippen LogP contribution in [0.1, 0.15) is 36.1 Å². The Morgan fingerprint density at radius 3 is 2.58 bits per heavy atom. The maximum atomic E-state index is 14.1. The minimum atomic E-state index is -1.90. The lowest BCUT2D eigenvalue weighted by atomic mass is 9.90. The summed E-state index contributed by atoms with van der Waals surface area (Å²) >= 11 is 0. The van der Waals surface area contributed by atoms with E-state index in [4.69, 9.17) is 4.74 Å². The number of ether oxygens (including phenoxy) is 1. The first kappa shape index (κ1) is 25.5. The molecule has 8 nitrogen and oxygen atoms in total. The van der Waals surface area contributed by atoms with Gasteiger partial charge in [-0.15, -0.1) is 0 Å². The van der Waals surface area contributed by atoms with Crippen molar-refractivity contribution in [2.45, 2.75) is 51.9 Å². The fourth-order valence-electron chi connectivity index (χ4n) is 4.37. The summed E-state index contributed by atoms with van der Waals surface area (Å²) in [5.41, 5.74) is 4.20. The molecule has 4 atom stereocenters. The summed E-state index contributed by atoms with van der Waals surface area (Å²) < 4.78 is 19.8. The van der Waals surface area contributed by atoms with Crippen molar-refractivity contribution in [2.75, 3.05) is 6.61 Å². The van der Waals surface area contributed by atoms with Crippen LogP contribution in [0.5, 0.6) is 0 Å². The van der Waals surface area contributed by atoms with Crippen LogP contribution in [0.15, 0.2) is 60.6 Å². The summed E-state index contributed by atoms with van der Waals surface area (Å²) in [6, 6.07) is 9.09. The third-order valence-electron chi connectivity index (χ3n) is 6.49. The fraction of sp³-hybridized carbons (Fsp3) is 0.370. The van der Waals surface area contributed by atoms with E-state index in [-0.39, 0.29) is 25.6 Å². The zero-order valence-electron chi connectivity index (χ0n) is 20.2. The van der Waals surface area contributed by atoms with E-state index in [0.717, 1.165) is 27.8 Å². The number of allylic oxidation sites excluding steroid dienone is 4. The Bertz CT molecular complexity index is 1160. The van der Waals surface area contributed by atoms with Crippen molar-refractivity contribution in [3.8, 4) is 0 Å². The summed E-state index contributed by atoms with van der Waals surface area (Å²) in [6.07, 6.45) is 1.63. The number of alkyl halides is 1. The number of aliphatic hydroxyl groups excluding tert-OH is 2. The summed E-state index contributed by atoms with van der Waals surface area (Å²) in [7, 11) is 0. The number of nitrogens with zero attached hydrogens (tertiary/aromatic N) is 2. The van der Waals surface area contributed by atoms with E-state index in [2.05, 4.69) is 10.3 Å². The fourth-order valence-corrected chi connectivity index (χ4v) is 4.37. The van der Waals surface area contributed by atoms with Crippen LogP contribution in [-0.2, 0) is 34.0 Å². The number of carbonyl (C=O) groups excluding carboxylic acids is 2. The Balaban J connectivity index is 1.34. The second-order valence-electron chi connectivity index (χ2n) is 8.95. The maximum absolute atomic E-state index is 14.1. The highest BCUT2D eigenvalue weighted by Gasteiger charge is 2.35. The van der Waals surface area contributed by atoms with Gasteiger partial charge in [-0.05, 0) is 41.3 Å². The predicted octanol–water partition coefficient (Wildman–Crippen LogP) is 2.25. The van der Waals surface area contributed by atoms with E-state index < -0.39 is 30.2 Å². The first-order chi connectivity index (χ1) is 17.3. The lowest BCUT2D eigenvalue weighted by Gasteiger charge is -2.25. The van der Waals surface area contributed by atoms with Crippen molar-refractivity contribution in [3.63, 3.8) is 0 Å². The monoisotopic (exact) mass is 495 g/mol. The second-order valence-corrected chi connectivity index (χ2v) is 8.95. The van der Waals surface area contributed by atoms with E-state index >= 15 is 0 Å². The van der Waals surface area contributed by atoms with Crippen molar-refractivity contribution in [1.29, 1.82) is 0 Å². The molecular weight excluding hydrogens is 465 g/mol. The number of hydrogen-bond acceptors (Lipinski definition) is 6. The molecule has 1 aromatic carbocycles. The summed E-state index contributed by atoms with van der Waals surface area (Å²) in [5.74, 6) is -1.35. The number of hydrogen-bond donors (Lipinski definition) is 3. The molecule has 2 unspecified atom stereocenters. The van der Waals surface area contributed by atoms with Crippen molar-refractivity contribution in [2.24, 2.45) is 5.92 Å². The number of nitrogens with one attached hydrogen (secondary N) is 1. The molecule has 2 heterocycles. The number of aliphatic hydroxyl groups is 2. The van der Waals surface area contributed by atoms with Gasteiger partial charge in [0, 0.05) is 43.5 Å². The SMILES string of the molecule is CCOC1=C(c2ccc(CNC(=O)[C@H](O)[C@@H](O)C(=O)N3Cc4ccncc4C3)cc2)C=CC(F)C1C. The van der Waals surface area contributed by atoms with Gasteiger partial charge in [0.2, 0.25) is 0 Å². The minimum Gasteiger partial charge on any atom is -0.497 e. The number of amides is 2. The molecule has 3 N–H and O–H groups in total. The number of rotatable bonds is 8. The van der Waals surface area contributed by atoms with E-state index in [9.17, 15) is 24.2 Å². The molecule has 36 heavy (non-hydrogen) atoms. The van der Waals surface area contributed by atoms with E-state index in [0.29, 0.717) is 12.4 Å². The van der Waals surface area contributed by atoms with Gasteiger partial charge in [-0.25, -0.2) is 4.39 Å². The number of halogens is 1. The van der Waals surface area contributed by atoms with Crippen molar-refractivity contribution in [3.05, 3.63) is 82.9 Å². The Morgan fingerprint density at radius 1 is 1.17 bits per heavy atom. The molecule has 1 aliphatic carbocycles. The summed E-state index contributed by atoms with van der Waals surface area (Å²) in [4.78, 5) is 30.4. The average molecular weight is 496 g/mol. The third-order valence-corrected chi connectivity index (χ3v) is 6.49. The Hall–Kier alpha value is -3.56. The quantitative estimate of drug-likeness (QED) is 0.518. The van der Waals surface area contributed by atoms with Crippen LogP contribution in [-0.4, -0.2) is 56.9 Å². The van der Waals surface area contributed by atoms with Gasteiger partial charge in [0.1, 0.15) is 11.9 Å². The minimum absolute atomic E-state index is 0.0913. The molecule has 190 valence electrons. The zero-order valence-corrected chi connectivity index (χ0v) is 20.2. The zero-order chi connectivity index (χ0) is 25.8. The Kier molecular flexibility index (Phi) is 7.81. The maximum Gasteiger partial charge on any atom is 0.255 e. The Labute approximate surface area is 209 Å². The highest BCUT2D eigenvalue weighted by Crippen LogP contribution is 2.34. The van der Waals surface area contributed by atoms with Gasteiger partial charge in [-0.2, -0.15) is 0 Å². The largest absolute Gasteiger partial charge is 0.497 e. The van der Waals surface area contributed by atoms with E-state index in [1.54, 1.807) is 43.6 Å². The van der Waals surface area contributed by atoms with Crippen LogP contribution in [0.3, 0.4) is 0 Å². The van der Waals surface area contributed by atoms with Gasteiger partial charge in [0.05, 0.1) is 6.61 Å². The van der Waals surface area contributed by atoms with Gasteiger partial charge in [0.15, 0.2) is 12.2 Å². The predicted molar refractivity (Wildman–Crippen MR) is 131 cm³/mol. The van der Waals surface area contributed by atoms with Gasteiger partial charge in [-0.3, -0.25) is 14.6 Å². The van der Waals surface area contributed by atoms with Crippen LogP contribution in [0.25, 0.3) is 5.57 Å². The number of fused-ring (bicyclic) bond motifs is 1.